The first-order valence-electron chi connectivity index (χ1n) is 4.23. The van der Waals surface area contributed by atoms with Gasteiger partial charge < -0.3 is 10.4 Å². The average molecular weight is 278 g/mol. The fourth-order valence-electron chi connectivity index (χ4n) is 0.901. The molecule has 0 aliphatic rings. The van der Waals surface area contributed by atoms with Crippen LogP contribution in [0.2, 0.25) is 10.0 Å². The molecule has 0 aliphatic carbocycles. The van der Waals surface area contributed by atoms with E-state index >= 15 is 0 Å². The summed E-state index contributed by atoms with van der Waals surface area (Å²) in [5, 5.41) is 17.0. The molecular formula is C9H9Cl2N3OS. The molecule has 0 amide bonds. The minimum absolute atomic E-state index is 0.0769. The number of hydrogen-bond donors (Lipinski definition) is 3. The largest absolute Gasteiger partial charge is 0.506 e. The van der Waals surface area contributed by atoms with Gasteiger partial charge in [-0.15, -0.1) is 0 Å². The first-order chi connectivity index (χ1) is 7.54. The zero-order valence-electron chi connectivity index (χ0n) is 8.29. The van der Waals surface area contributed by atoms with Crippen LogP contribution in [0.3, 0.4) is 0 Å². The Kier molecular flexibility index (Phi) is 4.79. The van der Waals surface area contributed by atoms with Crippen LogP contribution in [0.1, 0.15) is 5.56 Å². The van der Waals surface area contributed by atoms with Gasteiger partial charge in [0, 0.05) is 17.6 Å². The van der Waals surface area contributed by atoms with Crippen molar-refractivity contribution in [3.63, 3.8) is 0 Å². The molecule has 3 N–H and O–H groups in total. The van der Waals surface area contributed by atoms with E-state index < -0.39 is 0 Å². The Labute approximate surface area is 108 Å². The number of phenolic OH excluding ortho intramolecular Hbond substituents is 1. The second-order valence-electron chi connectivity index (χ2n) is 2.77. The van der Waals surface area contributed by atoms with Crippen LogP contribution in [-0.2, 0) is 0 Å². The Morgan fingerprint density at radius 3 is 2.81 bits per heavy atom. The normalized spacial score (nSPS) is 10.4. The van der Waals surface area contributed by atoms with Crippen molar-refractivity contribution in [3.8, 4) is 5.75 Å². The Bertz CT molecular complexity index is 437. The van der Waals surface area contributed by atoms with E-state index in [9.17, 15) is 5.11 Å². The fraction of sp³-hybridized carbons (Fsp3) is 0.111. The summed E-state index contributed by atoms with van der Waals surface area (Å²) < 4.78 is 0. The van der Waals surface area contributed by atoms with Gasteiger partial charge in [0.2, 0.25) is 0 Å². The van der Waals surface area contributed by atoms with Gasteiger partial charge in [0.15, 0.2) is 5.11 Å². The third-order valence-corrected chi connectivity index (χ3v) is 2.46. The second kappa shape index (κ2) is 5.89. The lowest BCUT2D eigenvalue weighted by atomic mass is 10.2. The number of hydrazone groups is 1. The molecule has 0 radical (unpaired) electrons. The lowest BCUT2D eigenvalue weighted by Gasteiger charge is -2.03. The molecular weight excluding hydrogens is 269 g/mol. The fourth-order valence-corrected chi connectivity index (χ4v) is 1.46. The van der Waals surface area contributed by atoms with Gasteiger partial charge in [0.1, 0.15) is 5.75 Å². The van der Waals surface area contributed by atoms with E-state index in [2.05, 4.69) is 15.8 Å². The van der Waals surface area contributed by atoms with Gasteiger partial charge in [-0.1, -0.05) is 23.2 Å². The van der Waals surface area contributed by atoms with Crippen LogP contribution in [0, 0.1) is 0 Å². The van der Waals surface area contributed by atoms with Crippen LogP contribution < -0.4 is 10.7 Å². The van der Waals surface area contributed by atoms with Crippen LogP contribution in [0.4, 0.5) is 0 Å². The monoisotopic (exact) mass is 277 g/mol. The molecule has 0 aromatic heterocycles. The molecule has 0 heterocycles. The molecule has 16 heavy (non-hydrogen) atoms. The lowest BCUT2D eigenvalue weighted by molar-refractivity contribution is 0.474. The molecule has 0 atom stereocenters. The highest BCUT2D eigenvalue weighted by Crippen LogP contribution is 2.29. The summed E-state index contributed by atoms with van der Waals surface area (Å²) in [6.45, 7) is 0. The van der Waals surface area contributed by atoms with Crippen molar-refractivity contribution in [1.29, 1.82) is 0 Å². The quantitative estimate of drug-likeness (QED) is 0.440. The van der Waals surface area contributed by atoms with Crippen LogP contribution >= 0.6 is 35.4 Å². The van der Waals surface area contributed by atoms with Crippen molar-refractivity contribution in [2.45, 2.75) is 0 Å². The van der Waals surface area contributed by atoms with Gasteiger partial charge in [-0.3, -0.25) is 5.43 Å². The first kappa shape index (κ1) is 13.0. The van der Waals surface area contributed by atoms with E-state index in [0.29, 0.717) is 15.7 Å². The highest BCUT2D eigenvalue weighted by Gasteiger charge is 2.05. The lowest BCUT2D eigenvalue weighted by Crippen LogP contribution is -2.28. The van der Waals surface area contributed by atoms with Gasteiger partial charge >= 0.3 is 0 Å². The third-order valence-electron chi connectivity index (χ3n) is 1.65. The molecule has 1 rings (SSSR count). The molecule has 0 bridgehead atoms. The van der Waals surface area contributed by atoms with Gasteiger partial charge in [-0.05, 0) is 24.4 Å². The maximum absolute atomic E-state index is 9.59. The van der Waals surface area contributed by atoms with E-state index in [0.717, 1.165) is 0 Å². The maximum atomic E-state index is 9.59. The summed E-state index contributed by atoms with van der Waals surface area (Å²) in [7, 11) is 1.67. The van der Waals surface area contributed by atoms with Crippen molar-refractivity contribution in [2.24, 2.45) is 5.10 Å². The highest BCUT2D eigenvalue weighted by molar-refractivity contribution is 7.80. The van der Waals surface area contributed by atoms with E-state index in [1.165, 1.54) is 18.3 Å². The SMILES string of the molecule is CNC(=S)N/N=C/c1cc(Cl)cc(Cl)c1O. The average Bonchev–Trinajstić information content (AvgIpc) is 2.24. The predicted octanol–water partition coefficient (Wildman–Crippen LogP) is 2.13. The van der Waals surface area contributed by atoms with Crippen molar-refractivity contribution < 1.29 is 5.11 Å². The van der Waals surface area contributed by atoms with Crippen molar-refractivity contribution in [1.82, 2.24) is 10.7 Å². The van der Waals surface area contributed by atoms with Gasteiger partial charge in [-0.25, -0.2) is 0 Å². The Balaban J connectivity index is 2.85. The van der Waals surface area contributed by atoms with E-state index in [4.69, 9.17) is 35.4 Å². The molecule has 7 heteroatoms. The molecule has 1 aromatic rings. The molecule has 4 nitrogen and oxygen atoms in total. The van der Waals surface area contributed by atoms with E-state index in [-0.39, 0.29) is 10.8 Å². The number of nitrogens with zero attached hydrogens (tertiary/aromatic N) is 1. The number of halogens is 2. The van der Waals surface area contributed by atoms with Crippen molar-refractivity contribution in [2.75, 3.05) is 7.05 Å². The number of aromatic hydroxyl groups is 1. The smallest absolute Gasteiger partial charge is 0.186 e. The zero-order valence-corrected chi connectivity index (χ0v) is 10.6. The minimum atomic E-state index is -0.0769. The first-order valence-corrected chi connectivity index (χ1v) is 5.40. The second-order valence-corrected chi connectivity index (χ2v) is 4.03. The standard InChI is InChI=1S/C9H9Cl2N3OS/c1-12-9(16)14-13-4-5-2-6(10)3-7(11)8(5)15/h2-4,15H,1H3,(H2,12,14,16)/b13-4+. The van der Waals surface area contributed by atoms with Crippen molar-refractivity contribution >= 4 is 46.7 Å². The molecule has 0 fully saturated rings. The van der Waals surface area contributed by atoms with Crippen LogP contribution in [0.15, 0.2) is 17.2 Å². The third kappa shape index (κ3) is 3.52. The number of thiocarbonyl (C=S) groups is 1. The molecule has 0 unspecified atom stereocenters. The zero-order chi connectivity index (χ0) is 12.1. The molecule has 0 saturated carbocycles. The van der Waals surface area contributed by atoms with Crippen molar-refractivity contribution in [3.05, 3.63) is 27.7 Å². The maximum Gasteiger partial charge on any atom is 0.186 e. The Morgan fingerprint density at radius 1 is 1.50 bits per heavy atom. The van der Waals surface area contributed by atoms with Gasteiger partial charge in [-0.2, -0.15) is 5.10 Å². The molecule has 0 saturated heterocycles. The van der Waals surface area contributed by atoms with Gasteiger partial charge in [0.25, 0.3) is 0 Å². The summed E-state index contributed by atoms with van der Waals surface area (Å²) in [6, 6.07) is 2.98. The topological polar surface area (TPSA) is 56.7 Å². The number of phenols is 1. The Hall–Kier alpha value is -1.04. The van der Waals surface area contributed by atoms with Gasteiger partial charge in [0.05, 0.1) is 11.2 Å². The number of hydrogen-bond acceptors (Lipinski definition) is 3. The highest BCUT2D eigenvalue weighted by atomic mass is 35.5. The summed E-state index contributed by atoms with van der Waals surface area (Å²) in [6.07, 6.45) is 1.37. The summed E-state index contributed by atoms with van der Waals surface area (Å²) >= 11 is 16.3. The Morgan fingerprint density at radius 2 is 2.19 bits per heavy atom. The van der Waals surface area contributed by atoms with Crippen LogP contribution in [0.25, 0.3) is 0 Å². The molecule has 0 aliphatic heterocycles. The minimum Gasteiger partial charge on any atom is -0.506 e. The summed E-state index contributed by atoms with van der Waals surface area (Å²) in [5.74, 6) is -0.0769. The summed E-state index contributed by atoms with van der Waals surface area (Å²) in [4.78, 5) is 0. The van der Waals surface area contributed by atoms with Crippen LogP contribution in [-0.4, -0.2) is 23.5 Å². The van der Waals surface area contributed by atoms with E-state index in [1.54, 1.807) is 7.05 Å². The molecule has 1 aromatic carbocycles. The van der Waals surface area contributed by atoms with Crippen LogP contribution in [0.5, 0.6) is 5.75 Å². The predicted molar refractivity (Wildman–Crippen MR) is 70.5 cm³/mol. The number of nitrogens with one attached hydrogen (secondary N) is 2. The molecule has 86 valence electrons. The number of benzene rings is 1. The van der Waals surface area contributed by atoms with E-state index in [1.807, 2.05) is 0 Å². The molecule has 0 spiro atoms. The summed E-state index contributed by atoms with van der Waals surface area (Å²) in [5.41, 5.74) is 2.95. The number of rotatable bonds is 2.